The Hall–Kier alpha value is -2.82. The molecule has 2 fully saturated rings. The second-order valence-electron chi connectivity index (χ2n) is 8.34. The average molecular weight is 392 g/mol. The molecule has 29 heavy (non-hydrogen) atoms. The summed E-state index contributed by atoms with van der Waals surface area (Å²) >= 11 is 0. The molecule has 0 bridgehead atoms. The maximum atomic E-state index is 12.9. The standard InChI is InChI=1S/C24H29N3O2/c1-16-7-9-19(10-8-16)25-23(28)20-15-21(20)24(29)27-13-11-26(12-14-27)22-6-4-5-17(2)18(22)3/h4-10,20-21H,11-15H2,1-3H3,(H,25,28). The molecule has 0 aromatic heterocycles. The molecule has 5 heteroatoms. The van der Waals surface area contributed by atoms with Crippen LogP contribution < -0.4 is 10.2 Å². The molecule has 0 radical (unpaired) electrons. The first-order chi connectivity index (χ1) is 13.9. The Balaban J connectivity index is 1.30. The number of carbonyl (C=O) groups excluding carboxylic acids is 2. The molecule has 0 spiro atoms. The van der Waals surface area contributed by atoms with E-state index in [1.807, 2.05) is 36.1 Å². The Kier molecular flexibility index (Phi) is 5.31. The molecule has 5 nitrogen and oxygen atoms in total. The van der Waals surface area contributed by atoms with Crippen molar-refractivity contribution in [2.24, 2.45) is 11.8 Å². The molecule has 2 aliphatic rings. The molecule has 1 aliphatic heterocycles. The molecule has 4 rings (SSSR count). The zero-order valence-corrected chi connectivity index (χ0v) is 17.4. The van der Waals surface area contributed by atoms with E-state index in [-0.39, 0.29) is 23.7 Å². The number of anilines is 2. The quantitative estimate of drug-likeness (QED) is 0.867. The first-order valence-electron chi connectivity index (χ1n) is 10.4. The second kappa shape index (κ2) is 7.90. The van der Waals surface area contributed by atoms with Gasteiger partial charge in [-0.1, -0.05) is 29.8 Å². The van der Waals surface area contributed by atoms with E-state index in [2.05, 4.69) is 42.3 Å². The molecule has 2 atom stereocenters. The highest BCUT2D eigenvalue weighted by Gasteiger charge is 2.49. The smallest absolute Gasteiger partial charge is 0.228 e. The van der Waals surface area contributed by atoms with Crippen molar-refractivity contribution in [3.8, 4) is 0 Å². The lowest BCUT2D eigenvalue weighted by molar-refractivity contribution is -0.134. The van der Waals surface area contributed by atoms with Crippen LogP contribution in [0.25, 0.3) is 0 Å². The molecule has 2 unspecified atom stereocenters. The van der Waals surface area contributed by atoms with E-state index in [4.69, 9.17) is 0 Å². The lowest BCUT2D eigenvalue weighted by atomic mass is 10.1. The van der Waals surface area contributed by atoms with Gasteiger partial charge in [-0.05, 0) is 56.5 Å². The lowest BCUT2D eigenvalue weighted by Crippen LogP contribution is -2.49. The predicted molar refractivity (Wildman–Crippen MR) is 116 cm³/mol. The van der Waals surface area contributed by atoms with Crippen LogP contribution in [0, 0.1) is 32.6 Å². The van der Waals surface area contributed by atoms with Gasteiger partial charge in [-0.25, -0.2) is 0 Å². The molecule has 2 amide bonds. The number of carbonyl (C=O) groups is 2. The highest BCUT2D eigenvalue weighted by Crippen LogP contribution is 2.41. The number of nitrogens with zero attached hydrogens (tertiary/aromatic N) is 2. The van der Waals surface area contributed by atoms with Gasteiger partial charge in [0.05, 0.1) is 11.8 Å². The Labute approximate surface area is 172 Å². The third-order valence-corrected chi connectivity index (χ3v) is 6.27. The molecule has 152 valence electrons. The summed E-state index contributed by atoms with van der Waals surface area (Å²) in [5.41, 5.74) is 5.81. The number of aryl methyl sites for hydroxylation is 2. The number of hydrogen-bond acceptors (Lipinski definition) is 3. The second-order valence-corrected chi connectivity index (χ2v) is 8.34. The molecule has 2 aromatic rings. The summed E-state index contributed by atoms with van der Waals surface area (Å²) in [5, 5.41) is 2.94. The number of nitrogens with one attached hydrogen (secondary N) is 1. The molecule has 1 saturated carbocycles. The van der Waals surface area contributed by atoms with Crippen LogP contribution in [0.2, 0.25) is 0 Å². The molecule has 1 N–H and O–H groups in total. The van der Waals surface area contributed by atoms with Crippen molar-refractivity contribution < 1.29 is 9.59 Å². The van der Waals surface area contributed by atoms with E-state index in [0.717, 1.165) is 37.4 Å². The Morgan fingerprint density at radius 2 is 1.59 bits per heavy atom. The van der Waals surface area contributed by atoms with E-state index >= 15 is 0 Å². The van der Waals surface area contributed by atoms with Crippen molar-refractivity contribution in [3.63, 3.8) is 0 Å². The summed E-state index contributed by atoms with van der Waals surface area (Å²) in [6.07, 6.45) is 0.660. The van der Waals surface area contributed by atoms with Crippen molar-refractivity contribution in [1.82, 2.24) is 4.90 Å². The zero-order chi connectivity index (χ0) is 20.5. The van der Waals surface area contributed by atoms with E-state index in [1.54, 1.807) is 0 Å². The minimum Gasteiger partial charge on any atom is -0.368 e. The van der Waals surface area contributed by atoms with Gasteiger partial charge in [0.25, 0.3) is 0 Å². The van der Waals surface area contributed by atoms with Crippen molar-refractivity contribution in [3.05, 3.63) is 59.2 Å². The van der Waals surface area contributed by atoms with Gasteiger partial charge in [-0.2, -0.15) is 0 Å². The first-order valence-corrected chi connectivity index (χ1v) is 10.4. The molecule has 1 saturated heterocycles. The van der Waals surface area contributed by atoms with Crippen LogP contribution in [0.3, 0.4) is 0 Å². The Bertz CT molecular complexity index is 914. The maximum absolute atomic E-state index is 12.9. The fourth-order valence-electron chi connectivity index (χ4n) is 4.11. The van der Waals surface area contributed by atoms with Crippen molar-refractivity contribution in [2.75, 3.05) is 36.4 Å². The minimum atomic E-state index is -0.194. The SMILES string of the molecule is Cc1ccc(NC(=O)C2CC2C(=O)N2CCN(c3cccc(C)c3C)CC2)cc1. The Morgan fingerprint density at radius 1 is 0.897 bits per heavy atom. The lowest BCUT2D eigenvalue weighted by Gasteiger charge is -2.37. The summed E-state index contributed by atoms with van der Waals surface area (Å²) < 4.78 is 0. The number of hydrogen-bond donors (Lipinski definition) is 1. The highest BCUT2D eigenvalue weighted by atomic mass is 16.2. The van der Waals surface area contributed by atoms with Crippen LogP contribution in [0.15, 0.2) is 42.5 Å². The molecular formula is C24H29N3O2. The van der Waals surface area contributed by atoms with Gasteiger partial charge in [0.1, 0.15) is 0 Å². The number of benzene rings is 2. The maximum Gasteiger partial charge on any atom is 0.228 e. The fraction of sp³-hybridized carbons (Fsp3) is 0.417. The van der Waals surface area contributed by atoms with Crippen LogP contribution in [0.1, 0.15) is 23.1 Å². The van der Waals surface area contributed by atoms with Crippen molar-refractivity contribution in [1.29, 1.82) is 0 Å². The van der Waals surface area contributed by atoms with Gasteiger partial charge in [0.15, 0.2) is 0 Å². The number of rotatable bonds is 4. The Morgan fingerprint density at radius 3 is 2.28 bits per heavy atom. The topological polar surface area (TPSA) is 52.7 Å². The number of amides is 2. The largest absolute Gasteiger partial charge is 0.368 e. The van der Waals surface area contributed by atoms with Crippen molar-refractivity contribution in [2.45, 2.75) is 27.2 Å². The summed E-state index contributed by atoms with van der Waals surface area (Å²) in [5.74, 6) is -0.260. The van der Waals surface area contributed by atoms with Crippen LogP contribution in [0.4, 0.5) is 11.4 Å². The van der Waals surface area contributed by atoms with E-state index in [9.17, 15) is 9.59 Å². The monoisotopic (exact) mass is 391 g/mol. The molecular weight excluding hydrogens is 362 g/mol. The fourth-order valence-corrected chi connectivity index (χ4v) is 4.11. The van der Waals surface area contributed by atoms with Gasteiger partial charge < -0.3 is 15.1 Å². The van der Waals surface area contributed by atoms with Crippen LogP contribution >= 0.6 is 0 Å². The summed E-state index contributed by atoms with van der Waals surface area (Å²) in [6.45, 7) is 9.41. The molecule has 1 heterocycles. The predicted octanol–water partition coefficient (Wildman–Crippen LogP) is 3.54. The van der Waals surface area contributed by atoms with Crippen LogP contribution in [-0.2, 0) is 9.59 Å². The van der Waals surface area contributed by atoms with E-state index in [0.29, 0.717) is 6.42 Å². The van der Waals surface area contributed by atoms with Gasteiger partial charge in [0, 0.05) is 37.6 Å². The van der Waals surface area contributed by atoms with E-state index in [1.165, 1.54) is 16.8 Å². The van der Waals surface area contributed by atoms with E-state index < -0.39 is 0 Å². The zero-order valence-electron chi connectivity index (χ0n) is 17.4. The minimum absolute atomic E-state index is 0.0405. The highest BCUT2D eigenvalue weighted by molar-refractivity contribution is 5.99. The van der Waals surface area contributed by atoms with Gasteiger partial charge in [-0.3, -0.25) is 9.59 Å². The summed E-state index contributed by atoms with van der Waals surface area (Å²) in [6, 6.07) is 14.1. The third kappa shape index (κ3) is 4.14. The first kappa shape index (κ1) is 19.5. The van der Waals surface area contributed by atoms with Gasteiger partial charge in [0.2, 0.25) is 11.8 Å². The van der Waals surface area contributed by atoms with Gasteiger partial charge >= 0.3 is 0 Å². The van der Waals surface area contributed by atoms with Crippen LogP contribution in [-0.4, -0.2) is 42.9 Å². The summed E-state index contributed by atoms with van der Waals surface area (Å²) in [4.78, 5) is 29.6. The average Bonchev–Trinajstić information content (AvgIpc) is 3.52. The number of piperazine rings is 1. The molecule has 2 aromatic carbocycles. The normalized spacial score (nSPS) is 21.1. The van der Waals surface area contributed by atoms with Crippen LogP contribution in [0.5, 0.6) is 0 Å². The van der Waals surface area contributed by atoms with Gasteiger partial charge in [-0.15, -0.1) is 0 Å². The van der Waals surface area contributed by atoms with Crippen molar-refractivity contribution >= 4 is 23.2 Å². The third-order valence-electron chi connectivity index (χ3n) is 6.27. The summed E-state index contributed by atoms with van der Waals surface area (Å²) in [7, 11) is 0. The molecule has 1 aliphatic carbocycles.